The fourth-order valence-corrected chi connectivity index (χ4v) is 2.16. The highest BCUT2D eigenvalue weighted by molar-refractivity contribution is 5.85. The van der Waals surface area contributed by atoms with Gasteiger partial charge in [-0.1, -0.05) is 20.8 Å². The SMILES string of the molecule is CCOC(=O)C1CCN(C(=O)[C@@H](N)C(C)(C)C)CC1.Cl. The second-order valence-electron chi connectivity index (χ2n) is 6.20. The number of nitrogens with two attached hydrogens (primary N) is 1. The van der Waals surface area contributed by atoms with E-state index in [4.69, 9.17) is 10.5 Å². The molecule has 1 heterocycles. The Hall–Kier alpha value is -0.810. The van der Waals surface area contributed by atoms with Gasteiger partial charge < -0.3 is 15.4 Å². The van der Waals surface area contributed by atoms with E-state index in [1.807, 2.05) is 20.8 Å². The third-order valence-electron chi connectivity index (χ3n) is 3.63. The second kappa shape index (κ2) is 7.84. The van der Waals surface area contributed by atoms with E-state index in [1.54, 1.807) is 11.8 Å². The number of halogens is 1. The molecule has 118 valence electrons. The summed E-state index contributed by atoms with van der Waals surface area (Å²) in [6, 6.07) is -0.494. The summed E-state index contributed by atoms with van der Waals surface area (Å²) in [6.07, 6.45) is 1.34. The van der Waals surface area contributed by atoms with Crippen LogP contribution in [-0.2, 0) is 14.3 Å². The molecule has 0 aromatic heterocycles. The number of hydrogen-bond donors (Lipinski definition) is 1. The van der Waals surface area contributed by atoms with Crippen LogP contribution >= 0.6 is 12.4 Å². The highest BCUT2D eigenvalue weighted by Crippen LogP contribution is 2.23. The van der Waals surface area contributed by atoms with Gasteiger partial charge in [0, 0.05) is 13.1 Å². The summed E-state index contributed by atoms with van der Waals surface area (Å²) in [4.78, 5) is 25.6. The lowest BCUT2D eigenvalue weighted by Crippen LogP contribution is -2.52. The Kier molecular flexibility index (Phi) is 7.52. The van der Waals surface area contributed by atoms with Crippen LogP contribution in [0.3, 0.4) is 0 Å². The molecule has 1 atom stereocenters. The largest absolute Gasteiger partial charge is 0.466 e. The number of amides is 1. The van der Waals surface area contributed by atoms with Crippen LogP contribution in [0.5, 0.6) is 0 Å². The van der Waals surface area contributed by atoms with Crippen molar-refractivity contribution in [3.8, 4) is 0 Å². The van der Waals surface area contributed by atoms with Gasteiger partial charge in [0.05, 0.1) is 18.6 Å². The summed E-state index contributed by atoms with van der Waals surface area (Å²) < 4.78 is 5.01. The van der Waals surface area contributed by atoms with Gasteiger partial charge in [0.1, 0.15) is 0 Å². The zero-order valence-corrected chi connectivity index (χ0v) is 13.7. The molecule has 0 bridgehead atoms. The van der Waals surface area contributed by atoms with Gasteiger partial charge in [-0.2, -0.15) is 0 Å². The van der Waals surface area contributed by atoms with Gasteiger partial charge in [-0.3, -0.25) is 9.59 Å². The number of hydrogen-bond acceptors (Lipinski definition) is 4. The van der Waals surface area contributed by atoms with Crippen LogP contribution in [0.25, 0.3) is 0 Å². The average molecular weight is 307 g/mol. The number of carbonyl (C=O) groups excluding carboxylic acids is 2. The monoisotopic (exact) mass is 306 g/mol. The van der Waals surface area contributed by atoms with E-state index in [0.29, 0.717) is 32.5 Å². The van der Waals surface area contributed by atoms with Crippen LogP contribution < -0.4 is 5.73 Å². The summed E-state index contributed by atoms with van der Waals surface area (Å²) in [7, 11) is 0. The highest BCUT2D eigenvalue weighted by atomic mass is 35.5. The summed E-state index contributed by atoms with van der Waals surface area (Å²) in [5, 5.41) is 0. The van der Waals surface area contributed by atoms with Crippen LogP contribution in [0, 0.1) is 11.3 Å². The Morgan fingerprint density at radius 1 is 1.30 bits per heavy atom. The van der Waals surface area contributed by atoms with E-state index in [1.165, 1.54) is 0 Å². The maximum absolute atomic E-state index is 12.2. The molecule has 1 saturated heterocycles. The van der Waals surface area contributed by atoms with Gasteiger partial charge in [-0.25, -0.2) is 0 Å². The summed E-state index contributed by atoms with van der Waals surface area (Å²) in [5.74, 6) is -0.237. The normalized spacial score (nSPS) is 18.1. The van der Waals surface area contributed by atoms with Gasteiger partial charge in [0.15, 0.2) is 0 Å². The van der Waals surface area contributed by atoms with Crippen molar-refractivity contribution in [2.24, 2.45) is 17.1 Å². The number of piperidine rings is 1. The standard InChI is InChI=1S/C14H26N2O3.ClH/c1-5-19-13(18)10-6-8-16(9-7-10)12(17)11(15)14(2,3)4;/h10-11H,5-9,15H2,1-4H3;1H/t11-;/m1./s1. The molecule has 1 fully saturated rings. The summed E-state index contributed by atoms with van der Waals surface area (Å²) in [6.45, 7) is 9.27. The fraction of sp³-hybridized carbons (Fsp3) is 0.857. The van der Waals surface area contributed by atoms with Gasteiger partial charge in [0.25, 0.3) is 0 Å². The Balaban J connectivity index is 0.00000361. The Bertz CT molecular complexity index is 334. The number of likely N-dealkylation sites (tertiary alicyclic amines) is 1. The minimum Gasteiger partial charge on any atom is -0.466 e. The van der Waals surface area contributed by atoms with Crippen molar-refractivity contribution < 1.29 is 14.3 Å². The van der Waals surface area contributed by atoms with E-state index in [2.05, 4.69) is 0 Å². The minimum absolute atomic E-state index is 0. The van der Waals surface area contributed by atoms with E-state index in [9.17, 15) is 9.59 Å². The van der Waals surface area contributed by atoms with Crippen LogP contribution in [0.15, 0.2) is 0 Å². The van der Waals surface area contributed by atoms with Crippen LogP contribution in [0.4, 0.5) is 0 Å². The fourth-order valence-electron chi connectivity index (χ4n) is 2.16. The third-order valence-corrected chi connectivity index (χ3v) is 3.63. The van der Waals surface area contributed by atoms with Crippen molar-refractivity contribution in [2.45, 2.75) is 46.6 Å². The van der Waals surface area contributed by atoms with Crippen molar-refractivity contribution in [1.82, 2.24) is 4.90 Å². The van der Waals surface area contributed by atoms with E-state index < -0.39 is 6.04 Å². The Labute approximate surface area is 127 Å². The van der Waals surface area contributed by atoms with Gasteiger partial charge in [-0.05, 0) is 25.2 Å². The first-order valence-corrected chi connectivity index (χ1v) is 6.98. The molecule has 0 aromatic rings. The summed E-state index contributed by atoms with van der Waals surface area (Å²) >= 11 is 0. The smallest absolute Gasteiger partial charge is 0.309 e. The number of carbonyl (C=O) groups is 2. The molecule has 2 N–H and O–H groups in total. The molecule has 0 spiro atoms. The lowest BCUT2D eigenvalue weighted by Gasteiger charge is -2.35. The molecule has 0 aromatic carbocycles. The molecule has 1 rings (SSSR count). The number of ether oxygens (including phenoxy) is 1. The summed E-state index contributed by atoms with van der Waals surface area (Å²) in [5.41, 5.74) is 5.74. The van der Waals surface area contributed by atoms with Crippen molar-refractivity contribution in [1.29, 1.82) is 0 Å². The quantitative estimate of drug-likeness (QED) is 0.804. The van der Waals surface area contributed by atoms with Crippen molar-refractivity contribution in [2.75, 3.05) is 19.7 Å². The number of esters is 1. The van der Waals surface area contributed by atoms with Gasteiger partial charge >= 0.3 is 5.97 Å². The molecule has 0 saturated carbocycles. The lowest BCUT2D eigenvalue weighted by atomic mass is 9.86. The maximum atomic E-state index is 12.2. The molecule has 0 radical (unpaired) electrons. The molecule has 1 amide bonds. The predicted molar refractivity (Wildman–Crippen MR) is 80.6 cm³/mol. The van der Waals surface area contributed by atoms with Crippen LogP contribution in [0.1, 0.15) is 40.5 Å². The molecule has 1 aliphatic rings. The number of rotatable bonds is 3. The zero-order chi connectivity index (χ0) is 14.6. The molecule has 5 nitrogen and oxygen atoms in total. The highest BCUT2D eigenvalue weighted by Gasteiger charge is 2.34. The Morgan fingerprint density at radius 3 is 2.20 bits per heavy atom. The van der Waals surface area contributed by atoms with Crippen LogP contribution in [-0.4, -0.2) is 42.5 Å². The average Bonchev–Trinajstić information content (AvgIpc) is 2.36. The van der Waals surface area contributed by atoms with Gasteiger partial charge in [-0.15, -0.1) is 12.4 Å². The predicted octanol–water partition coefficient (Wildman–Crippen LogP) is 1.58. The third kappa shape index (κ3) is 4.94. The molecule has 0 unspecified atom stereocenters. The molecule has 6 heteroatoms. The Morgan fingerprint density at radius 2 is 1.80 bits per heavy atom. The molecular formula is C14H27ClN2O3. The van der Waals surface area contributed by atoms with E-state index in [-0.39, 0.29) is 35.6 Å². The van der Waals surface area contributed by atoms with Crippen molar-refractivity contribution in [3.63, 3.8) is 0 Å². The van der Waals surface area contributed by atoms with Crippen molar-refractivity contribution >= 4 is 24.3 Å². The van der Waals surface area contributed by atoms with E-state index >= 15 is 0 Å². The number of nitrogens with zero attached hydrogens (tertiary/aromatic N) is 1. The lowest BCUT2D eigenvalue weighted by molar-refractivity contribution is -0.151. The van der Waals surface area contributed by atoms with Gasteiger partial charge in [0.2, 0.25) is 5.91 Å². The zero-order valence-electron chi connectivity index (χ0n) is 12.8. The van der Waals surface area contributed by atoms with E-state index in [0.717, 1.165) is 0 Å². The molecule has 0 aliphatic carbocycles. The molecular weight excluding hydrogens is 280 g/mol. The molecule has 1 aliphatic heterocycles. The topological polar surface area (TPSA) is 72.6 Å². The maximum Gasteiger partial charge on any atom is 0.309 e. The second-order valence-corrected chi connectivity index (χ2v) is 6.20. The van der Waals surface area contributed by atoms with Crippen molar-refractivity contribution in [3.05, 3.63) is 0 Å². The first kappa shape index (κ1) is 19.2. The minimum atomic E-state index is -0.494. The first-order chi connectivity index (χ1) is 8.77. The molecule has 20 heavy (non-hydrogen) atoms. The first-order valence-electron chi connectivity index (χ1n) is 6.98. The van der Waals surface area contributed by atoms with Crippen LogP contribution in [0.2, 0.25) is 0 Å².